The van der Waals surface area contributed by atoms with E-state index < -0.39 is 0 Å². The molecule has 0 radical (unpaired) electrons. The van der Waals surface area contributed by atoms with E-state index >= 15 is 0 Å². The van der Waals surface area contributed by atoms with Crippen LogP contribution >= 0.6 is 22.7 Å². The number of amides is 1. The standard InChI is InChI=1S/C19H13FN2O2S2/c20-14-7-4-8-15-16(14)13(11-24-12-5-2-1-3-6-12)17(26-15)18(23)22-19-21-9-10-25-19/h1-10H,11H2,(H,21,22,23). The van der Waals surface area contributed by atoms with Gasteiger partial charge in [0.1, 0.15) is 23.1 Å². The SMILES string of the molecule is O=C(Nc1nccs1)c1sc2cccc(F)c2c1COc1ccccc1. The fourth-order valence-electron chi connectivity index (χ4n) is 2.60. The van der Waals surface area contributed by atoms with Gasteiger partial charge in [-0.3, -0.25) is 10.1 Å². The Kier molecular flexibility index (Phi) is 4.64. The Morgan fingerprint density at radius 1 is 1.15 bits per heavy atom. The van der Waals surface area contributed by atoms with Crippen molar-refractivity contribution in [3.05, 3.63) is 76.4 Å². The van der Waals surface area contributed by atoms with E-state index in [0.717, 1.165) is 0 Å². The van der Waals surface area contributed by atoms with Crippen molar-refractivity contribution in [2.24, 2.45) is 0 Å². The first-order valence-electron chi connectivity index (χ1n) is 7.81. The van der Waals surface area contributed by atoms with Gasteiger partial charge in [-0.2, -0.15) is 0 Å². The van der Waals surface area contributed by atoms with Crippen LogP contribution in [-0.2, 0) is 6.61 Å². The van der Waals surface area contributed by atoms with Crippen LogP contribution in [0, 0.1) is 5.82 Å². The number of nitrogens with one attached hydrogen (secondary N) is 1. The summed E-state index contributed by atoms with van der Waals surface area (Å²) in [6, 6.07) is 14.1. The van der Waals surface area contributed by atoms with E-state index in [0.29, 0.717) is 31.4 Å². The molecule has 0 fully saturated rings. The number of fused-ring (bicyclic) bond motifs is 1. The van der Waals surface area contributed by atoms with Gasteiger partial charge in [0.2, 0.25) is 0 Å². The molecule has 4 rings (SSSR count). The first-order chi connectivity index (χ1) is 12.7. The Balaban J connectivity index is 1.71. The average molecular weight is 384 g/mol. The summed E-state index contributed by atoms with van der Waals surface area (Å²) in [5, 5.41) is 5.47. The molecule has 2 aromatic carbocycles. The molecular formula is C19H13FN2O2S2. The zero-order valence-electron chi connectivity index (χ0n) is 13.4. The van der Waals surface area contributed by atoms with Gasteiger partial charge in [0.25, 0.3) is 5.91 Å². The summed E-state index contributed by atoms with van der Waals surface area (Å²) in [7, 11) is 0. The minimum atomic E-state index is -0.362. The molecule has 2 heterocycles. The molecule has 4 aromatic rings. The Morgan fingerprint density at radius 2 is 2.00 bits per heavy atom. The van der Waals surface area contributed by atoms with Crippen LogP contribution in [0.2, 0.25) is 0 Å². The van der Waals surface area contributed by atoms with Gasteiger partial charge in [-0.25, -0.2) is 9.37 Å². The van der Waals surface area contributed by atoms with E-state index in [1.165, 1.54) is 28.7 Å². The van der Waals surface area contributed by atoms with Gasteiger partial charge < -0.3 is 4.74 Å². The van der Waals surface area contributed by atoms with Crippen LogP contribution in [0.4, 0.5) is 9.52 Å². The topological polar surface area (TPSA) is 51.2 Å². The molecule has 0 aliphatic carbocycles. The molecule has 2 aromatic heterocycles. The Bertz CT molecular complexity index is 1050. The van der Waals surface area contributed by atoms with E-state index in [1.807, 2.05) is 30.3 Å². The number of para-hydroxylation sites is 1. The molecule has 0 saturated heterocycles. The second-order valence-corrected chi connectivity index (χ2v) is 7.36. The highest BCUT2D eigenvalue weighted by molar-refractivity contribution is 7.21. The maximum atomic E-state index is 14.4. The van der Waals surface area contributed by atoms with Crippen molar-refractivity contribution in [3.8, 4) is 5.75 Å². The van der Waals surface area contributed by atoms with Gasteiger partial charge in [0.15, 0.2) is 5.13 Å². The monoisotopic (exact) mass is 384 g/mol. The van der Waals surface area contributed by atoms with Crippen LogP contribution in [0.5, 0.6) is 5.75 Å². The number of benzene rings is 2. The molecule has 26 heavy (non-hydrogen) atoms. The number of carbonyl (C=O) groups is 1. The number of ether oxygens (including phenoxy) is 1. The van der Waals surface area contributed by atoms with Crippen molar-refractivity contribution < 1.29 is 13.9 Å². The molecule has 1 amide bonds. The molecule has 0 bridgehead atoms. The van der Waals surface area contributed by atoms with Crippen molar-refractivity contribution in [2.45, 2.75) is 6.61 Å². The van der Waals surface area contributed by atoms with E-state index in [4.69, 9.17) is 4.74 Å². The molecule has 4 nitrogen and oxygen atoms in total. The lowest BCUT2D eigenvalue weighted by Gasteiger charge is -2.08. The Labute approximate surface area is 156 Å². The van der Waals surface area contributed by atoms with Crippen molar-refractivity contribution in [3.63, 3.8) is 0 Å². The Morgan fingerprint density at radius 3 is 2.77 bits per heavy atom. The number of hydrogen-bond donors (Lipinski definition) is 1. The number of anilines is 1. The van der Waals surface area contributed by atoms with Crippen molar-refractivity contribution >= 4 is 43.8 Å². The number of aromatic nitrogens is 1. The molecule has 130 valence electrons. The highest BCUT2D eigenvalue weighted by atomic mass is 32.1. The number of thiazole rings is 1. The normalized spacial score (nSPS) is 10.8. The number of hydrogen-bond acceptors (Lipinski definition) is 5. The predicted molar refractivity (Wildman–Crippen MR) is 103 cm³/mol. The number of rotatable bonds is 5. The largest absolute Gasteiger partial charge is 0.489 e. The maximum Gasteiger partial charge on any atom is 0.267 e. The second-order valence-electron chi connectivity index (χ2n) is 5.42. The molecule has 1 N–H and O–H groups in total. The molecule has 0 spiro atoms. The highest BCUT2D eigenvalue weighted by Crippen LogP contribution is 2.34. The fourth-order valence-corrected chi connectivity index (χ4v) is 4.24. The van der Waals surface area contributed by atoms with Gasteiger partial charge in [0.05, 0.1) is 0 Å². The summed E-state index contributed by atoms with van der Waals surface area (Å²) in [5.41, 5.74) is 0.543. The smallest absolute Gasteiger partial charge is 0.267 e. The van der Waals surface area contributed by atoms with Crippen LogP contribution < -0.4 is 10.1 Å². The van der Waals surface area contributed by atoms with Crippen LogP contribution in [0.1, 0.15) is 15.2 Å². The first kappa shape index (κ1) is 16.7. The summed E-state index contributed by atoms with van der Waals surface area (Å²) in [6.07, 6.45) is 1.62. The molecule has 0 saturated carbocycles. The molecular weight excluding hydrogens is 371 g/mol. The van der Waals surface area contributed by atoms with E-state index in [-0.39, 0.29) is 18.3 Å². The highest BCUT2D eigenvalue weighted by Gasteiger charge is 2.22. The minimum absolute atomic E-state index is 0.103. The third-order valence-electron chi connectivity index (χ3n) is 3.75. The number of thiophene rings is 1. The summed E-state index contributed by atoms with van der Waals surface area (Å²) >= 11 is 2.58. The maximum absolute atomic E-state index is 14.4. The third kappa shape index (κ3) is 3.31. The first-order valence-corrected chi connectivity index (χ1v) is 9.50. The van der Waals surface area contributed by atoms with E-state index in [9.17, 15) is 9.18 Å². The lowest BCUT2D eigenvalue weighted by molar-refractivity contribution is 0.102. The van der Waals surface area contributed by atoms with Crippen molar-refractivity contribution in [2.75, 3.05) is 5.32 Å². The summed E-state index contributed by atoms with van der Waals surface area (Å²) in [6.45, 7) is 0.103. The lowest BCUT2D eigenvalue weighted by atomic mass is 10.1. The average Bonchev–Trinajstić information content (AvgIpc) is 3.29. The zero-order chi connectivity index (χ0) is 17.9. The van der Waals surface area contributed by atoms with Crippen molar-refractivity contribution in [1.82, 2.24) is 4.98 Å². The van der Waals surface area contributed by atoms with Gasteiger partial charge in [-0.05, 0) is 24.3 Å². The van der Waals surface area contributed by atoms with Gasteiger partial charge >= 0.3 is 0 Å². The number of halogens is 1. The predicted octanol–water partition coefficient (Wildman–Crippen LogP) is 5.33. The van der Waals surface area contributed by atoms with Crippen LogP contribution in [0.15, 0.2) is 60.1 Å². The van der Waals surface area contributed by atoms with Crippen LogP contribution in [0.25, 0.3) is 10.1 Å². The fraction of sp³-hybridized carbons (Fsp3) is 0.0526. The third-order valence-corrected chi connectivity index (χ3v) is 5.63. The molecule has 0 atom stereocenters. The molecule has 0 aliphatic heterocycles. The van der Waals surface area contributed by atoms with Gasteiger partial charge in [-0.15, -0.1) is 22.7 Å². The van der Waals surface area contributed by atoms with E-state index in [1.54, 1.807) is 23.7 Å². The van der Waals surface area contributed by atoms with Gasteiger partial charge in [-0.1, -0.05) is 24.3 Å². The quantitative estimate of drug-likeness (QED) is 0.506. The molecule has 0 unspecified atom stereocenters. The second kappa shape index (κ2) is 7.23. The minimum Gasteiger partial charge on any atom is -0.489 e. The zero-order valence-corrected chi connectivity index (χ0v) is 15.1. The van der Waals surface area contributed by atoms with Gasteiger partial charge in [0, 0.05) is 27.2 Å². The van der Waals surface area contributed by atoms with Crippen LogP contribution in [-0.4, -0.2) is 10.9 Å². The number of carbonyl (C=O) groups excluding carboxylic acids is 1. The van der Waals surface area contributed by atoms with E-state index in [2.05, 4.69) is 10.3 Å². The molecule has 7 heteroatoms. The lowest BCUT2D eigenvalue weighted by Crippen LogP contribution is -2.13. The summed E-state index contributed by atoms with van der Waals surface area (Å²) < 4.78 is 20.9. The Hall–Kier alpha value is -2.77. The summed E-state index contributed by atoms with van der Waals surface area (Å²) in [4.78, 5) is 17.2. The molecule has 0 aliphatic rings. The van der Waals surface area contributed by atoms with Crippen molar-refractivity contribution in [1.29, 1.82) is 0 Å². The van der Waals surface area contributed by atoms with Crippen LogP contribution in [0.3, 0.4) is 0 Å². The number of nitrogens with zero attached hydrogens (tertiary/aromatic N) is 1. The summed E-state index contributed by atoms with van der Waals surface area (Å²) in [5.74, 6) is -0.0135.